The van der Waals surface area contributed by atoms with Gasteiger partial charge in [-0.25, -0.2) is 0 Å². The lowest BCUT2D eigenvalue weighted by Crippen LogP contribution is -2.19. The molecule has 0 radical (unpaired) electrons. The number of carbonyl (C=O) groups is 1. The van der Waals surface area contributed by atoms with E-state index in [1.807, 2.05) is 20.8 Å². The first-order valence-corrected chi connectivity index (χ1v) is 6.12. The zero-order valence-corrected chi connectivity index (χ0v) is 11.4. The van der Waals surface area contributed by atoms with E-state index in [1.165, 1.54) is 0 Å². The minimum Gasteiger partial charge on any atom is -0.466 e. The molecule has 0 aliphatic carbocycles. The van der Waals surface area contributed by atoms with Crippen molar-refractivity contribution in [1.29, 1.82) is 0 Å². The topological polar surface area (TPSA) is 77.2 Å². The molecule has 6 heteroatoms. The van der Waals surface area contributed by atoms with Crippen LogP contribution in [0.25, 0.3) is 0 Å². The van der Waals surface area contributed by atoms with E-state index in [9.17, 15) is 4.79 Å². The summed E-state index contributed by atoms with van der Waals surface area (Å²) in [4.78, 5) is 11.1. The molecular formula is C12H21N3O3. The summed E-state index contributed by atoms with van der Waals surface area (Å²) in [6.45, 7) is 9.24. The van der Waals surface area contributed by atoms with Gasteiger partial charge in [-0.1, -0.05) is 20.8 Å². The van der Waals surface area contributed by atoms with Gasteiger partial charge in [0.25, 0.3) is 0 Å². The second-order valence-electron chi connectivity index (χ2n) is 4.98. The summed E-state index contributed by atoms with van der Waals surface area (Å²) in [5.74, 6) is 0.944. The summed E-state index contributed by atoms with van der Waals surface area (Å²) in [6, 6.07) is 0. The molecule has 1 heterocycles. The van der Waals surface area contributed by atoms with Crippen molar-refractivity contribution in [3.05, 3.63) is 11.8 Å². The molecule has 0 aliphatic heterocycles. The number of hydrogen-bond donors (Lipinski definition) is 1. The van der Waals surface area contributed by atoms with Gasteiger partial charge in [0, 0.05) is 12.0 Å². The average molecular weight is 255 g/mol. The van der Waals surface area contributed by atoms with Crippen LogP contribution in [0.15, 0.2) is 4.42 Å². The lowest BCUT2D eigenvalue weighted by molar-refractivity contribution is -0.142. The molecule has 0 bridgehead atoms. The third-order valence-corrected chi connectivity index (χ3v) is 2.20. The highest BCUT2D eigenvalue weighted by atomic mass is 16.5. The zero-order valence-electron chi connectivity index (χ0n) is 11.4. The molecule has 6 nitrogen and oxygen atoms in total. The SMILES string of the molecule is CCOC(=O)CCNCc1nnc(C(C)(C)C)o1. The Balaban J connectivity index is 2.28. The Morgan fingerprint density at radius 2 is 2.11 bits per heavy atom. The van der Waals surface area contributed by atoms with Crippen LogP contribution in [0.4, 0.5) is 0 Å². The second kappa shape index (κ2) is 6.49. The van der Waals surface area contributed by atoms with Gasteiger partial charge < -0.3 is 14.5 Å². The highest BCUT2D eigenvalue weighted by molar-refractivity contribution is 5.69. The fourth-order valence-corrected chi connectivity index (χ4v) is 1.25. The number of hydrogen-bond acceptors (Lipinski definition) is 6. The van der Waals surface area contributed by atoms with Crippen molar-refractivity contribution in [2.75, 3.05) is 13.2 Å². The summed E-state index contributed by atoms with van der Waals surface area (Å²) >= 11 is 0. The van der Waals surface area contributed by atoms with Crippen molar-refractivity contribution in [1.82, 2.24) is 15.5 Å². The molecule has 1 N–H and O–H groups in total. The Bertz CT molecular complexity index is 382. The molecule has 0 aliphatic rings. The van der Waals surface area contributed by atoms with Gasteiger partial charge in [0.1, 0.15) is 0 Å². The molecular weight excluding hydrogens is 234 g/mol. The van der Waals surface area contributed by atoms with Crippen molar-refractivity contribution in [3.63, 3.8) is 0 Å². The molecule has 102 valence electrons. The van der Waals surface area contributed by atoms with Crippen molar-refractivity contribution in [3.8, 4) is 0 Å². The number of nitrogens with one attached hydrogen (secondary N) is 1. The van der Waals surface area contributed by atoms with Gasteiger partial charge in [0.05, 0.1) is 19.6 Å². The molecule has 0 atom stereocenters. The van der Waals surface area contributed by atoms with E-state index in [4.69, 9.17) is 9.15 Å². The van der Waals surface area contributed by atoms with Gasteiger partial charge in [0.2, 0.25) is 11.8 Å². The predicted molar refractivity (Wildman–Crippen MR) is 66.0 cm³/mol. The minimum absolute atomic E-state index is 0.143. The van der Waals surface area contributed by atoms with E-state index in [2.05, 4.69) is 15.5 Å². The summed E-state index contributed by atoms with van der Waals surface area (Å²) in [5, 5.41) is 11.0. The van der Waals surface area contributed by atoms with Crippen LogP contribution in [-0.4, -0.2) is 29.3 Å². The van der Waals surface area contributed by atoms with E-state index in [1.54, 1.807) is 6.92 Å². The first kappa shape index (κ1) is 14.6. The van der Waals surface area contributed by atoms with Crippen molar-refractivity contribution in [2.45, 2.75) is 46.1 Å². The van der Waals surface area contributed by atoms with Crippen LogP contribution in [0.1, 0.15) is 45.9 Å². The van der Waals surface area contributed by atoms with Crippen LogP contribution in [0.5, 0.6) is 0 Å². The van der Waals surface area contributed by atoms with E-state index in [-0.39, 0.29) is 11.4 Å². The Labute approximate surface area is 107 Å². The van der Waals surface area contributed by atoms with Crippen LogP contribution < -0.4 is 5.32 Å². The maximum atomic E-state index is 11.1. The Hall–Kier alpha value is -1.43. The number of nitrogens with zero attached hydrogens (tertiary/aromatic N) is 2. The number of ether oxygens (including phenoxy) is 1. The maximum Gasteiger partial charge on any atom is 0.307 e. The van der Waals surface area contributed by atoms with E-state index in [0.29, 0.717) is 37.9 Å². The van der Waals surface area contributed by atoms with Gasteiger partial charge in [-0.05, 0) is 6.92 Å². The molecule has 0 aromatic carbocycles. The van der Waals surface area contributed by atoms with Crippen molar-refractivity contribution < 1.29 is 13.9 Å². The van der Waals surface area contributed by atoms with Crippen LogP contribution in [-0.2, 0) is 21.5 Å². The summed E-state index contributed by atoms with van der Waals surface area (Å²) in [5.41, 5.74) is -0.143. The van der Waals surface area contributed by atoms with Crippen LogP contribution >= 0.6 is 0 Å². The fraction of sp³-hybridized carbons (Fsp3) is 0.750. The van der Waals surface area contributed by atoms with Gasteiger partial charge >= 0.3 is 5.97 Å². The minimum atomic E-state index is -0.203. The number of carbonyl (C=O) groups excluding carboxylic acids is 1. The highest BCUT2D eigenvalue weighted by Gasteiger charge is 2.21. The Kier molecular flexibility index (Phi) is 5.27. The lowest BCUT2D eigenvalue weighted by Gasteiger charge is -2.10. The fourth-order valence-electron chi connectivity index (χ4n) is 1.25. The first-order valence-electron chi connectivity index (χ1n) is 6.12. The van der Waals surface area contributed by atoms with Crippen molar-refractivity contribution in [2.24, 2.45) is 0 Å². The molecule has 0 spiro atoms. The van der Waals surface area contributed by atoms with Gasteiger partial charge in [-0.15, -0.1) is 10.2 Å². The summed E-state index contributed by atoms with van der Waals surface area (Å²) in [6.07, 6.45) is 0.341. The molecule has 0 saturated carbocycles. The third-order valence-electron chi connectivity index (χ3n) is 2.20. The van der Waals surface area contributed by atoms with Gasteiger partial charge in [-0.3, -0.25) is 4.79 Å². The molecule has 18 heavy (non-hydrogen) atoms. The molecule has 1 aromatic heterocycles. The largest absolute Gasteiger partial charge is 0.466 e. The molecule has 0 fully saturated rings. The molecule has 1 rings (SSSR count). The zero-order chi connectivity index (χ0) is 13.6. The average Bonchev–Trinajstić information content (AvgIpc) is 2.73. The quantitative estimate of drug-likeness (QED) is 0.611. The standard InChI is InChI=1S/C12H21N3O3/c1-5-17-10(16)6-7-13-8-9-14-15-11(18-9)12(2,3)4/h13H,5-8H2,1-4H3. The van der Waals surface area contributed by atoms with E-state index >= 15 is 0 Å². The third kappa shape index (κ3) is 4.83. The second-order valence-corrected chi connectivity index (χ2v) is 4.98. The van der Waals surface area contributed by atoms with E-state index in [0.717, 1.165) is 0 Å². The Morgan fingerprint density at radius 1 is 1.39 bits per heavy atom. The van der Waals surface area contributed by atoms with Crippen LogP contribution in [0.2, 0.25) is 0 Å². The summed E-state index contributed by atoms with van der Waals surface area (Å²) < 4.78 is 10.3. The smallest absolute Gasteiger partial charge is 0.307 e. The predicted octanol–water partition coefficient (Wildman–Crippen LogP) is 1.41. The highest BCUT2D eigenvalue weighted by Crippen LogP contribution is 2.19. The summed E-state index contributed by atoms with van der Waals surface area (Å²) in [7, 11) is 0. The van der Waals surface area contributed by atoms with Gasteiger partial charge in [-0.2, -0.15) is 0 Å². The monoisotopic (exact) mass is 255 g/mol. The lowest BCUT2D eigenvalue weighted by atomic mass is 9.97. The molecule has 0 saturated heterocycles. The number of rotatable bonds is 6. The number of esters is 1. The van der Waals surface area contributed by atoms with E-state index < -0.39 is 0 Å². The molecule has 1 aromatic rings. The molecule has 0 unspecified atom stereocenters. The van der Waals surface area contributed by atoms with Crippen LogP contribution in [0, 0.1) is 0 Å². The van der Waals surface area contributed by atoms with Crippen LogP contribution in [0.3, 0.4) is 0 Å². The molecule has 0 amide bonds. The van der Waals surface area contributed by atoms with Crippen molar-refractivity contribution >= 4 is 5.97 Å². The normalized spacial score (nSPS) is 11.6. The Morgan fingerprint density at radius 3 is 2.67 bits per heavy atom. The number of aromatic nitrogens is 2. The van der Waals surface area contributed by atoms with Gasteiger partial charge in [0.15, 0.2) is 0 Å². The maximum absolute atomic E-state index is 11.1. The first-order chi connectivity index (χ1) is 8.43.